The zero-order chi connectivity index (χ0) is 25.0. The fourth-order valence-electron chi connectivity index (χ4n) is 2.98. The van der Waals surface area contributed by atoms with E-state index in [4.69, 9.17) is 9.47 Å². The first-order valence-corrected chi connectivity index (χ1v) is 11.1. The molecule has 0 radical (unpaired) electrons. The number of benzene rings is 1. The van der Waals surface area contributed by atoms with Crippen LogP contribution in [0.4, 0.5) is 4.79 Å². The van der Waals surface area contributed by atoms with Crippen LogP contribution in [0.5, 0.6) is 0 Å². The van der Waals surface area contributed by atoms with Crippen LogP contribution in [0.3, 0.4) is 0 Å². The number of carbonyl (C=O) groups excluding carboxylic acids is 4. The highest BCUT2D eigenvalue weighted by Gasteiger charge is 2.27. The van der Waals surface area contributed by atoms with Gasteiger partial charge in [-0.2, -0.15) is 0 Å². The van der Waals surface area contributed by atoms with E-state index >= 15 is 0 Å². The second-order valence-electron chi connectivity index (χ2n) is 9.20. The largest absolute Gasteiger partial charge is 0.467 e. The lowest BCUT2D eigenvalue weighted by atomic mass is 10.0. The van der Waals surface area contributed by atoms with Crippen molar-refractivity contribution in [2.75, 3.05) is 13.7 Å². The molecule has 0 saturated heterocycles. The minimum atomic E-state index is -1.05. The molecule has 0 spiro atoms. The predicted molar refractivity (Wildman–Crippen MR) is 124 cm³/mol. The molecule has 9 nitrogen and oxygen atoms in total. The van der Waals surface area contributed by atoms with E-state index in [1.54, 1.807) is 20.8 Å². The van der Waals surface area contributed by atoms with Gasteiger partial charge in [0.15, 0.2) is 0 Å². The average Bonchev–Trinajstić information content (AvgIpc) is 2.73. The number of esters is 1. The van der Waals surface area contributed by atoms with Gasteiger partial charge in [-0.25, -0.2) is 9.59 Å². The molecule has 0 aliphatic carbocycles. The maximum atomic E-state index is 12.7. The van der Waals surface area contributed by atoms with Crippen molar-refractivity contribution in [3.63, 3.8) is 0 Å². The zero-order valence-corrected chi connectivity index (χ0v) is 20.4. The van der Waals surface area contributed by atoms with E-state index in [0.717, 1.165) is 5.56 Å². The summed E-state index contributed by atoms with van der Waals surface area (Å²) in [5, 5.41) is 7.80. The van der Waals surface area contributed by atoms with E-state index in [1.165, 1.54) is 7.11 Å². The molecular formula is C24H37N3O6. The van der Waals surface area contributed by atoms with E-state index in [0.29, 0.717) is 12.8 Å². The standard InChI is InChI=1S/C24H37N3O6/c1-16(2)14-18(27-23(31)33-24(3,4)5)21(29)25-15-19(22(30)32-6)26-20(28)13-12-17-10-8-7-9-11-17/h7-11,16,18-19H,12-15H2,1-6H3,(H,25,29)(H,26,28)(H,27,31)/t18-,19-/m0/s1. The minimum Gasteiger partial charge on any atom is -0.467 e. The van der Waals surface area contributed by atoms with Gasteiger partial charge in [-0.3, -0.25) is 9.59 Å². The fraction of sp³-hybridized carbons (Fsp3) is 0.583. The highest BCUT2D eigenvalue weighted by atomic mass is 16.6. The molecule has 1 aromatic rings. The van der Waals surface area contributed by atoms with Gasteiger partial charge in [0.25, 0.3) is 0 Å². The van der Waals surface area contributed by atoms with Gasteiger partial charge in [0.2, 0.25) is 11.8 Å². The number of amides is 3. The van der Waals surface area contributed by atoms with Crippen molar-refractivity contribution >= 4 is 23.9 Å². The smallest absolute Gasteiger partial charge is 0.408 e. The van der Waals surface area contributed by atoms with Crippen LogP contribution in [-0.2, 0) is 30.3 Å². The van der Waals surface area contributed by atoms with Crippen LogP contribution >= 0.6 is 0 Å². The van der Waals surface area contributed by atoms with Crippen molar-refractivity contribution in [2.45, 2.75) is 71.6 Å². The van der Waals surface area contributed by atoms with Crippen LogP contribution < -0.4 is 16.0 Å². The molecule has 0 fully saturated rings. The van der Waals surface area contributed by atoms with Crippen molar-refractivity contribution in [3.05, 3.63) is 35.9 Å². The van der Waals surface area contributed by atoms with E-state index in [-0.39, 0.29) is 24.8 Å². The zero-order valence-electron chi connectivity index (χ0n) is 20.4. The summed E-state index contributed by atoms with van der Waals surface area (Å²) in [6.45, 7) is 8.85. The molecule has 2 atom stereocenters. The van der Waals surface area contributed by atoms with Crippen LogP contribution in [-0.4, -0.2) is 55.2 Å². The summed E-state index contributed by atoms with van der Waals surface area (Å²) in [6.07, 6.45) is 0.365. The normalized spacial score (nSPS) is 12.9. The Bertz CT molecular complexity index is 789. The number of hydrogen-bond acceptors (Lipinski definition) is 6. The van der Waals surface area contributed by atoms with Crippen LogP contribution in [0.25, 0.3) is 0 Å². The first-order chi connectivity index (χ1) is 15.4. The average molecular weight is 464 g/mol. The van der Waals surface area contributed by atoms with Crippen molar-refractivity contribution in [2.24, 2.45) is 5.92 Å². The molecule has 3 N–H and O–H groups in total. The summed E-state index contributed by atoms with van der Waals surface area (Å²) in [5.41, 5.74) is 0.295. The third-order valence-electron chi connectivity index (χ3n) is 4.50. The summed E-state index contributed by atoms with van der Waals surface area (Å²) in [4.78, 5) is 49.4. The number of alkyl carbamates (subject to hydrolysis) is 1. The quantitative estimate of drug-likeness (QED) is 0.433. The molecule has 184 valence electrons. The molecular weight excluding hydrogens is 426 g/mol. The van der Waals surface area contributed by atoms with Gasteiger partial charge in [-0.05, 0) is 45.1 Å². The molecule has 0 aliphatic rings. The highest BCUT2D eigenvalue weighted by molar-refractivity contribution is 5.88. The molecule has 1 aromatic carbocycles. The molecule has 9 heteroatoms. The van der Waals surface area contributed by atoms with E-state index < -0.39 is 35.7 Å². The molecule has 1 rings (SSSR count). The highest BCUT2D eigenvalue weighted by Crippen LogP contribution is 2.10. The summed E-state index contributed by atoms with van der Waals surface area (Å²) >= 11 is 0. The molecule has 0 heterocycles. The maximum absolute atomic E-state index is 12.7. The van der Waals surface area contributed by atoms with Gasteiger partial charge >= 0.3 is 12.1 Å². The van der Waals surface area contributed by atoms with Crippen molar-refractivity contribution < 1.29 is 28.7 Å². The van der Waals surface area contributed by atoms with E-state index in [2.05, 4.69) is 16.0 Å². The Labute approximate surface area is 196 Å². The van der Waals surface area contributed by atoms with Crippen molar-refractivity contribution in [3.8, 4) is 0 Å². The fourth-order valence-corrected chi connectivity index (χ4v) is 2.98. The molecule has 0 saturated carbocycles. The minimum absolute atomic E-state index is 0.116. The van der Waals surface area contributed by atoms with Gasteiger partial charge in [0.1, 0.15) is 17.7 Å². The Hall–Kier alpha value is -3.10. The molecule has 0 unspecified atom stereocenters. The molecule has 0 bridgehead atoms. The Morgan fingerprint density at radius 3 is 2.15 bits per heavy atom. The van der Waals surface area contributed by atoms with Gasteiger partial charge in [0.05, 0.1) is 7.11 Å². The Morgan fingerprint density at radius 1 is 0.970 bits per heavy atom. The SMILES string of the molecule is COC(=O)[C@H](CNC(=O)[C@H](CC(C)C)NC(=O)OC(C)(C)C)NC(=O)CCc1ccccc1. The van der Waals surface area contributed by atoms with E-state index in [9.17, 15) is 19.2 Å². The van der Waals surface area contributed by atoms with Gasteiger partial charge in [-0.15, -0.1) is 0 Å². The predicted octanol–water partition coefficient (Wildman–Crippen LogP) is 2.33. The van der Waals surface area contributed by atoms with Crippen molar-refractivity contribution in [1.82, 2.24) is 16.0 Å². The third kappa shape index (κ3) is 11.9. The monoisotopic (exact) mass is 463 g/mol. The second-order valence-corrected chi connectivity index (χ2v) is 9.20. The number of nitrogens with one attached hydrogen (secondary N) is 3. The Balaban J connectivity index is 2.70. The number of methoxy groups -OCH3 is 1. The number of carbonyl (C=O) groups is 4. The summed E-state index contributed by atoms with van der Waals surface area (Å²) < 4.78 is 9.99. The molecule has 33 heavy (non-hydrogen) atoms. The number of aryl methyl sites for hydroxylation is 1. The maximum Gasteiger partial charge on any atom is 0.408 e. The van der Waals surface area contributed by atoms with Crippen molar-refractivity contribution in [1.29, 1.82) is 0 Å². The molecule has 0 aromatic heterocycles. The molecule has 0 aliphatic heterocycles. The second kappa shape index (κ2) is 13.4. The lowest BCUT2D eigenvalue weighted by molar-refractivity contribution is -0.145. The topological polar surface area (TPSA) is 123 Å². The van der Waals surface area contributed by atoms with Crippen LogP contribution in [0.15, 0.2) is 30.3 Å². The lowest BCUT2D eigenvalue weighted by Crippen LogP contribution is -2.53. The summed E-state index contributed by atoms with van der Waals surface area (Å²) in [7, 11) is 1.21. The lowest BCUT2D eigenvalue weighted by Gasteiger charge is -2.25. The van der Waals surface area contributed by atoms with E-state index in [1.807, 2.05) is 44.2 Å². The van der Waals surface area contributed by atoms with Gasteiger partial charge in [-0.1, -0.05) is 44.2 Å². The number of rotatable bonds is 11. The number of hydrogen-bond donors (Lipinski definition) is 3. The first-order valence-electron chi connectivity index (χ1n) is 11.1. The summed E-state index contributed by atoms with van der Waals surface area (Å²) in [6, 6.07) is 7.59. The van der Waals surface area contributed by atoms with Crippen LogP contribution in [0.1, 0.15) is 53.0 Å². The first kappa shape index (κ1) is 27.9. The summed E-state index contributed by atoms with van der Waals surface area (Å²) in [5.74, 6) is -1.38. The van der Waals surface area contributed by atoms with Gasteiger partial charge in [0, 0.05) is 13.0 Å². The van der Waals surface area contributed by atoms with Crippen LogP contribution in [0, 0.1) is 5.92 Å². The Morgan fingerprint density at radius 2 is 1.61 bits per heavy atom. The van der Waals surface area contributed by atoms with Crippen LogP contribution in [0.2, 0.25) is 0 Å². The third-order valence-corrected chi connectivity index (χ3v) is 4.50. The molecule has 3 amide bonds. The number of ether oxygens (including phenoxy) is 2. The Kier molecular flexibility index (Phi) is 11.4. The van der Waals surface area contributed by atoms with Gasteiger partial charge < -0.3 is 25.4 Å².